The Kier molecular flexibility index (Phi) is 6.80. The lowest BCUT2D eigenvalue weighted by Crippen LogP contribution is -2.28. The number of nitrogens with one attached hydrogen (secondary N) is 1. The van der Waals surface area contributed by atoms with Crippen LogP contribution in [0.1, 0.15) is 76.3 Å². The molecule has 2 heterocycles. The van der Waals surface area contributed by atoms with Gasteiger partial charge in [-0.1, -0.05) is 49.4 Å². The SMILES string of the molecule is CC[C@@H](CC(=O)c1cc(C(=O)N[C@H](C)c2ccc(F)cc2)n2c1CSC2)c1ccccc1. The number of nitrogens with zero attached hydrogens (tertiary/aromatic N) is 1. The van der Waals surface area contributed by atoms with Gasteiger partial charge in [-0.3, -0.25) is 9.59 Å². The van der Waals surface area contributed by atoms with E-state index in [9.17, 15) is 14.0 Å². The van der Waals surface area contributed by atoms with E-state index in [-0.39, 0.29) is 29.5 Å². The number of halogens is 1. The van der Waals surface area contributed by atoms with E-state index in [0.29, 0.717) is 23.6 Å². The number of hydrogen-bond acceptors (Lipinski definition) is 3. The summed E-state index contributed by atoms with van der Waals surface area (Å²) in [5.41, 5.74) is 4.09. The highest BCUT2D eigenvalue weighted by Gasteiger charge is 2.28. The summed E-state index contributed by atoms with van der Waals surface area (Å²) in [5.74, 6) is 1.09. The number of fused-ring (bicyclic) bond motifs is 1. The van der Waals surface area contributed by atoms with Gasteiger partial charge >= 0.3 is 0 Å². The molecule has 0 bridgehead atoms. The van der Waals surface area contributed by atoms with E-state index >= 15 is 0 Å². The molecule has 0 radical (unpaired) electrons. The van der Waals surface area contributed by atoms with Gasteiger partial charge in [0.05, 0.1) is 11.9 Å². The Balaban J connectivity index is 1.53. The van der Waals surface area contributed by atoms with Gasteiger partial charge in [0.15, 0.2) is 5.78 Å². The fraction of sp³-hybridized carbons (Fsp3) is 0.308. The normalized spacial score (nSPS) is 14.6. The predicted octanol–water partition coefficient (Wildman–Crippen LogP) is 6.09. The van der Waals surface area contributed by atoms with Crippen molar-refractivity contribution in [2.45, 2.75) is 50.3 Å². The molecule has 0 unspecified atom stereocenters. The summed E-state index contributed by atoms with van der Waals surface area (Å²) in [6.45, 7) is 3.96. The highest BCUT2D eigenvalue weighted by Crippen LogP contribution is 2.33. The fourth-order valence-corrected chi connectivity index (χ4v) is 5.29. The quantitative estimate of drug-likeness (QED) is 0.423. The molecule has 2 atom stereocenters. The Labute approximate surface area is 192 Å². The Morgan fingerprint density at radius 1 is 1.09 bits per heavy atom. The molecule has 4 rings (SSSR count). The maximum atomic E-state index is 13.3. The summed E-state index contributed by atoms with van der Waals surface area (Å²) in [7, 11) is 0. The highest BCUT2D eigenvalue weighted by atomic mass is 32.2. The summed E-state index contributed by atoms with van der Waals surface area (Å²) in [6.07, 6.45) is 1.30. The van der Waals surface area contributed by atoms with Crippen LogP contribution in [0, 0.1) is 5.82 Å². The van der Waals surface area contributed by atoms with Crippen LogP contribution in [0.25, 0.3) is 0 Å². The maximum absolute atomic E-state index is 13.3. The van der Waals surface area contributed by atoms with Crippen LogP contribution < -0.4 is 5.32 Å². The van der Waals surface area contributed by atoms with Crippen molar-refractivity contribution in [3.63, 3.8) is 0 Å². The van der Waals surface area contributed by atoms with Gasteiger partial charge in [-0.05, 0) is 48.6 Å². The number of ketones is 1. The average Bonchev–Trinajstić information content (AvgIpc) is 3.41. The number of carbonyl (C=O) groups excluding carboxylic acids is 2. The van der Waals surface area contributed by atoms with Gasteiger partial charge in [0.2, 0.25) is 0 Å². The number of amides is 1. The third-order valence-corrected chi connectivity index (χ3v) is 7.03. The maximum Gasteiger partial charge on any atom is 0.268 e. The number of hydrogen-bond donors (Lipinski definition) is 1. The monoisotopic (exact) mass is 450 g/mol. The number of rotatable bonds is 8. The summed E-state index contributed by atoms with van der Waals surface area (Å²) in [5, 5.41) is 2.99. The van der Waals surface area contributed by atoms with Crippen LogP contribution in [0.5, 0.6) is 0 Å². The summed E-state index contributed by atoms with van der Waals surface area (Å²) < 4.78 is 15.2. The van der Waals surface area contributed by atoms with E-state index in [0.717, 1.165) is 23.4 Å². The van der Waals surface area contributed by atoms with Crippen molar-refractivity contribution < 1.29 is 14.0 Å². The van der Waals surface area contributed by atoms with E-state index in [2.05, 4.69) is 24.4 Å². The van der Waals surface area contributed by atoms with E-state index in [4.69, 9.17) is 0 Å². The van der Waals surface area contributed by atoms with Crippen LogP contribution in [0.2, 0.25) is 0 Å². The number of aromatic nitrogens is 1. The zero-order valence-corrected chi connectivity index (χ0v) is 19.1. The largest absolute Gasteiger partial charge is 0.344 e. The lowest BCUT2D eigenvalue weighted by Gasteiger charge is -2.15. The smallest absolute Gasteiger partial charge is 0.268 e. The first-order valence-corrected chi connectivity index (χ1v) is 12.1. The molecule has 0 saturated heterocycles. The minimum atomic E-state index is -0.308. The van der Waals surface area contributed by atoms with Crippen molar-refractivity contribution in [1.29, 1.82) is 0 Å². The second-order valence-electron chi connectivity index (χ2n) is 8.19. The Bertz CT molecular complexity index is 1110. The van der Waals surface area contributed by atoms with Gasteiger partial charge in [-0.25, -0.2) is 4.39 Å². The molecule has 1 aromatic heterocycles. The number of thioether (sulfide) groups is 1. The minimum Gasteiger partial charge on any atom is -0.344 e. The van der Waals surface area contributed by atoms with Gasteiger partial charge in [0.25, 0.3) is 5.91 Å². The fourth-order valence-electron chi connectivity index (χ4n) is 4.22. The van der Waals surface area contributed by atoms with Crippen LogP contribution in [0.4, 0.5) is 4.39 Å². The van der Waals surface area contributed by atoms with Crippen LogP contribution in [0.3, 0.4) is 0 Å². The molecule has 6 heteroatoms. The third-order valence-electron chi connectivity index (χ3n) is 6.11. The van der Waals surface area contributed by atoms with Crippen LogP contribution in [-0.4, -0.2) is 16.3 Å². The van der Waals surface area contributed by atoms with Crippen molar-refractivity contribution >= 4 is 23.5 Å². The molecule has 1 N–H and O–H groups in total. The molecular weight excluding hydrogens is 423 g/mol. The van der Waals surface area contributed by atoms with Gasteiger partial charge < -0.3 is 9.88 Å². The zero-order valence-electron chi connectivity index (χ0n) is 18.3. The molecule has 0 aliphatic carbocycles. The van der Waals surface area contributed by atoms with Gasteiger partial charge in [-0.15, -0.1) is 11.8 Å². The number of carbonyl (C=O) groups is 2. The Morgan fingerprint density at radius 2 is 1.81 bits per heavy atom. The average molecular weight is 451 g/mol. The molecule has 1 aliphatic heterocycles. The topological polar surface area (TPSA) is 51.1 Å². The Morgan fingerprint density at radius 3 is 2.50 bits per heavy atom. The first-order valence-electron chi connectivity index (χ1n) is 10.9. The second kappa shape index (κ2) is 9.74. The van der Waals surface area contributed by atoms with Crippen molar-refractivity contribution in [3.05, 3.63) is 94.6 Å². The molecule has 2 aromatic carbocycles. The zero-order chi connectivity index (χ0) is 22.7. The van der Waals surface area contributed by atoms with E-state index in [1.807, 2.05) is 29.7 Å². The number of benzene rings is 2. The lowest BCUT2D eigenvalue weighted by molar-refractivity contribution is 0.0930. The molecule has 1 aliphatic rings. The third kappa shape index (κ3) is 4.65. The lowest BCUT2D eigenvalue weighted by atomic mass is 9.89. The molecule has 1 amide bonds. The van der Waals surface area contributed by atoms with Crippen molar-refractivity contribution in [3.8, 4) is 0 Å². The molecule has 32 heavy (non-hydrogen) atoms. The van der Waals surface area contributed by atoms with Crippen LogP contribution >= 0.6 is 11.8 Å². The molecule has 0 fully saturated rings. The first kappa shape index (κ1) is 22.3. The molecule has 0 spiro atoms. The van der Waals surface area contributed by atoms with Gasteiger partial charge in [0, 0.05) is 23.4 Å². The van der Waals surface area contributed by atoms with Crippen molar-refractivity contribution in [2.24, 2.45) is 0 Å². The standard InChI is InChI=1S/C26H27FN2O2S/c1-3-18(20-7-5-4-6-8-20)13-25(30)22-14-23(29-16-32-15-24(22)29)26(31)28-17(2)19-9-11-21(27)12-10-19/h4-12,14,17-18H,3,13,15-16H2,1-2H3,(H,28,31)/t17-,18+/m1/s1. The molecule has 3 aromatic rings. The molecule has 4 nitrogen and oxygen atoms in total. The molecule has 166 valence electrons. The van der Waals surface area contributed by atoms with Gasteiger partial charge in [-0.2, -0.15) is 0 Å². The van der Waals surface area contributed by atoms with Crippen LogP contribution in [0.15, 0.2) is 60.7 Å². The van der Waals surface area contributed by atoms with Crippen molar-refractivity contribution in [2.75, 3.05) is 0 Å². The summed E-state index contributed by atoms with van der Waals surface area (Å²) >= 11 is 1.70. The van der Waals surface area contributed by atoms with E-state index in [1.165, 1.54) is 17.7 Å². The number of Topliss-reactive ketones (excluding diaryl/α,β-unsaturated/α-hetero) is 1. The highest BCUT2D eigenvalue weighted by molar-refractivity contribution is 7.97. The van der Waals surface area contributed by atoms with E-state index in [1.54, 1.807) is 30.0 Å². The minimum absolute atomic E-state index is 0.0811. The van der Waals surface area contributed by atoms with Gasteiger partial charge in [0.1, 0.15) is 11.5 Å². The van der Waals surface area contributed by atoms with E-state index < -0.39 is 0 Å². The van der Waals surface area contributed by atoms with Crippen molar-refractivity contribution in [1.82, 2.24) is 9.88 Å². The molecule has 0 saturated carbocycles. The molecular formula is C26H27FN2O2S. The van der Waals surface area contributed by atoms with Crippen LogP contribution in [-0.2, 0) is 11.6 Å². The summed E-state index contributed by atoms with van der Waals surface area (Å²) in [6, 6.07) is 17.7. The Hall–Kier alpha value is -2.86. The second-order valence-corrected chi connectivity index (χ2v) is 9.14. The summed E-state index contributed by atoms with van der Waals surface area (Å²) in [4.78, 5) is 26.3. The predicted molar refractivity (Wildman–Crippen MR) is 126 cm³/mol. The first-order chi connectivity index (χ1) is 15.5.